The fourth-order valence-electron chi connectivity index (χ4n) is 2.62. The van der Waals surface area contributed by atoms with Gasteiger partial charge >= 0.3 is 0 Å². The van der Waals surface area contributed by atoms with Crippen molar-refractivity contribution in [2.75, 3.05) is 13.1 Å². The van der Waals surface area contributed by atoms with Crippen LogP contribution in [0.25, 0.3) is 0 Å². The Bertz CT molecular complexity index is 400. The van der Waals surface area contributed by atoms with Crippen LogP contribution in [0.4, 0.5) is 0 Å². The molecule has 2 nitrogen and oxygen atoms in total. The average molecular weight is 231 g/mol. The Balaban J connectivity index is 2.02. The predicted molar refractivity (Wildman–Crippen MR) is 70.1 cm³/mol. The zero-order chi connectivity index (χ0) is 12.3. The monoisotopic (exact) mass is 231 g/mol. The van der Waals surface area contributed by atoms with Gasteiger partial charge in [-0.3, -0.25) is 4.79 Å². The highest BCUT2D eigenvalue weighted by Crippen LogP contribution is 2.22. The maximum atomic E-state index is 12.3. The first kappa shape index (κ1) is 12.2. The summed E-state index contributed by atoms with van der Waals surface area (Å²) >= 11 is 0. The van der Waals surface area contributed by atoms with Gasteiger partial charge in [-0.05, 0) is 37.8 Å². The van der Waals surface area contributed by atoms with Gasteiger partial charge in [-0.1, -0.05) is 31.0 Å². The molecule has 1 saturated heterocycles. The summed E-state index contributed by atoms with van der Waals surface area (Å²) in [7, 11) is 0. The first-order valence-corrected chi connectivity index (χ1v) is 6.56. The number of carbonyl (C=O) groups excluding carboxylic acids is 1. The number of hydrogen-bond acceptors (Lipinski definition) is 1. The molecule has 1 aliphatic heterocycles. The van der Waals surface area contributed by atoms with Crippen molar-refractivity contribution in [1.29, 1.82) is 0 Å². The van der Waals surface area contributed by atoms with E-state index in [1.54, 1.807) is 0 Å². The molecule has 0 aromatic heterocycles. The molecule has 1 heterocycles. The van der Waals surface area contributed by atoms with Crippen LogP contribution in [0.15, 0.2) is 24.3 Å². The molecule has 1 aliphatic rings. The van der Waals surface area contributed by atoms with Crippen LogP contribution in [0.5, 0.6) is 0 Å². The van der Waals surface area contributed by atoms with Crippen molar-refractivity contribution < 1.29 is 4.79 Å². The molecule has 0 unspecified atom stereocenters. The van der Waals surface area contributed by atoms with Gasteiger partial charge in [-0.15, -0.1) is 0 Å². The van der Waals surface area contributed by atoms with Crippen molar-refractivity contribution >= 4 is 5.91 Å². The minimum atomic E-state index is 0.201. The number of rotatable bonds is 3. The summed E-state index contributed by atoms with van der Waals surface area (Å²) in [6, 6.07) is 7.89. The lowest BCUT2D eigenvalue weighted by Gasteiger charge is -2.16. The summed E-state index contributed by atoms with van der Waals surface area (Å²) in [6.45, 7) is 6.11. The molecule has 1 fully saturated rings. The lowest BCUT2D eigenvalue weighted by Crippen LogP contribution is -2.28. The number of amides is 1. The minimum absolute atomic E-state index is 0.201. The highest BCUT2D eigenvalue weighted by Gasteiger charge is 2.26. The summed E-state index contributed by atoms with van der Waals surface area (Å²) < 4.78 is 0. The fourth-order valence-corrected chi connectivity index (χ4v) is 2.62. The third-order valence-corrected chi connectivity index (χ3v) is 3.54. The van der Waals surface area contributed by atoms with Crippen LogP contribution in [0.3, 0.4) is 0 Å². The second kappa shape index (κ2) is 5.35. The Hall–Kier alpha value is -1.31. The second-order valence-electron chi connectivity index (χ2n) is 5.06. The number of aryl methyl sites for hydroxylation is 1. The SMILES string of the molecule is CCC[C@H]1CCN(C(=O)c2cccc(C)c2)C1. The summed E-state index contributed by atoms with van der Waals surface area (Å²) in [5, 5.41) is 0. The zero-order valence-electron chi connectivity index (χ0n) is 10.8. The molecule has 2 heteroatoms. The molecule has 2 rings (SSSR count). The van der Waals surface area contributed by atoms with Crippen LogP contribution in [0.2, 0.25) is 0 Å². The van der Waals surface area contributed by atoms with Crippen LogP contribution in [0.1, 0.15) is 42.1 Å². The fraction of sp³-hybridized carbons (Fsp3) is 0.533. The van der Waals surface area contributed by atoms with Gasteiger partial charge in [0.25, 0.3) is 5.91 Å². The average Bonchev–Trinajstić information content (AvgIpc) is 2.77. The second-order valence-corrected chi connectivity index (χ2v) is 5.06. The van der Waals surface area contributed by atoms with Crippen LogP contribution in [-0.2, 0) is 0 Å². The van der Waals surface area contributed by atoms with E-state index in [0.29, 0.717) is 5.92 Å². The summed E-state index contributed by atoms with van der Waals surface area (Å²) in [4.78, 5) is 14.3. The zero-order valence-corrected chi connectivity index (χ0v) is 10.8. The molecule has 0 spiro atoms. The Morgan fingerprint density at radius 1 is 1.47 bits per heavy atom. The van der Waals surface area contributed by atoms with E-state index in [9.17, 15) is 4.79 Å². The van der Waals surface area contributed by atoms with Gasteiger partial charge < -0.3 is 4.90 Å². The van der Waals surface area contributed by atoms with E-state index in [4.69, 9.17) is 0 Å². The molecular formula is C15H21NO. The predicted octanol–water partition coefficient (Wildman–Crippen LogP) is 3.26. The van der Waals surface area contributed by atoms with Crippen molar-refractivity contribution in [3.63, 3.8) is 0 Å². The summed E-state index contributed by atoms with van der Waals surface area (Å²) in [5.41, 5.74) is 1.99. The van der Waals surface area contributed by atoms with E-state index in [1.165, 1.54) is 19.3 Å². The number of nitrogens with zero attached hydrogens (tertiary/aromatic N) is 1. The van der Waals surface area contributed by atoms with E-state index in [0.717, 1.165) is 24.2 Å². The Morgan fingerprint density at radius 2 is 2.29 bits per heavy atom. The molecule has 0 aliphatic carbocycles. The molecule has 1 atom stereocenters. The maximum Gasteiger partial charge on any atom is 0.253 e. The van der Waals surface area contributed by atoms with Crippen molar-refractivity contribution in [3.8, 4) is 0 Å². The minimum Gasteiger partial charge on any atom is -0.338 e. The van der Waals surface area contributed by atoms with Gasteiger partial charge in [-0.25, -0.2) is 0 Å². The standard InChI is InChI=1S/C15H21NO/c1-3-5-13-8-9-16(11-13)15(17)14-7-4-6-12(2)10-14/h4,6-7,10,13H,3,5,8-9,11H2,1-2H3/t13-/m0/s1. The van der Waals surface area contributed by atoms with E-state index < -0.39 is 0 Å². The van der Waals surface area contributed by atoms with Gasteiger partial charge in [0.05, 0.1) is 0 Å². The lowest BCUT2D eigenvalue weighted by molar-refractivity contribution is 0.0786. The Labute approximate surface area is 104 Å². The van der Waals surface area contributed by atoms with Crippen molar-refractivity contribution in [2.24, 2.45) is 5.92 Å². The molecule has 0 bridgehead atoms. The summed E-state index contributed by atoms with van der Waals surface area (Å²) in [6.07, 6.45) is 3.64. The number of likely N-dealkylation sites (tertiary alicyclic amines) is 1. The van der Waals surface area contributed by atoms with Crippen LogP contribution >= 0.6 is 0 Å². The summed E-state index contributed by atoms with van der Waals surface area (Å²) in [5.74, 6) is 0.918. The molecule has 1 amide bonds. The van der Waals surface area contributed by atoms with Crippen LogP contribution in [0, 0.1) is 12.8 Å². The van der Waals surface area contributed by atoms with Gasteiger partial charge in [0.15, 0.2) is 0 Å². The Morgan fingerprint density at radius 3 is 3.00 bits per heavy atom. The first-order chi connectivity index (χ1) is 8.20. The normalized spacial score (nSPS) is 19.6. The van der Waals surface area contributed by atoms with E-state index in [-0.39, 0.29) is 5.91 Å². The Kier molecular flexibility index (Phi) is 3.82. The van der Waals surface area contributed by atoms with Gasteiger partial charge in [0.2, 0.25) is 0 Å². The first-order valence-electron chi connectivity index (χ1n) is 6.56. The van der Waals surface area contributed by atoms with Gasteiger partial charge in [-0.2, -0.15) is 0 Å². The maximum absolute atomic E-state index is 12.3. The molecule has 92 valence electrons. The number of hydrogen-bond donors (Lipinski definition) is 0. The van der Waals surface area contributed by atoms with E-state index in [1.807, 2.05) is 36.1 Å². The topological polar surface area (TPSA) is 20.3 Å². The molecule has 0 radical (unpaired) electrons. The number of carbonyl (C=O) groups is 1. The number of benzene rings is 1. The highest BCUT2D eigenvalue weighted by molar-refractivity contribution is 5.94. The van der Waals surface area contributed by atoms with Gasteiger partial charge in [0, 0.05) is 18.7 Å². The van der Waals surface area contributed by atoms with Crippen LogP contribution < -0.4 is 0 Å². The highest BCUT2D eigenvalue weighted by atomic mass is 16.2. The third kappa shape index (κ3) is 2.87. The van der Waals surface area contributed by atoms with Crippen molar-refractivity contribution in [1.82, 2.24) is 4.90 Å². The van der Waals surface area contributed by atoms with Crippen LogP contribution in [-0.4, -0.2) is 23.9 Å². The van der Waals surface area contributed by atoms with E-state index >= 15 is 0 Å². The molecule has 17 heavy (non-hydrogen) atoms. The molecule has 1 aromatic carbocycles. The smallest absolute Gasteiger partial charge is 0.253 e. The molecule has 1 aromatic rings. The molecular weight excluding hydrogens is 210 g/mol. The largest absolute Gasteiger partial charge is 0.338 e. The van der Waals surface area contributed by atoms with E-state index in [2.05, 4.69) is 6.92 Å². The van der Waals surface area contributed by atoms with Crippen molar-refractivity contribution in [3.05, 3.63) is 35.4 Å². The molecule has 0 saturated carbocycles. The quantitative estimate of drug-likeness (QED) is 0.782. The lowest BCUT2D eigenvalue weighted by atomic mass is 10.0. The third-order valence-electron chi connectivity index (χ3n) is 3.54. The van der Waals surface area contributed by atoms with Gasteiger partial charge in [0.1, 0.15) is 0 Å². The van der Waals surface area contributed by atoms with Crippen molar-refractivity contribution in [2.45, 2.75) is 33.1 Å². The molecule has 0 N–H and O–H groups in total.